The molecule has 0 radical (unpaired) electrons. The van der Waals surface area contributed by atoms with E-state index < -0.39 is 0 Å². The summed E-state index contributed by atoms with van der Waals surface area (Å²) in [6, 6.07) is 18.0. The second-order valence-corrected chi connectivity index (χ2v) is 8.21. The zero-order chi connectivity index (χ0) is 22.1. The van der Waals surface area contributed by atoms with Crippen LogP contribution in [0.25, 0.3) is 5.69 Å². The third kappa shape index (κ3) is 6.10. The van der Waals surface area contributed by atoms with Crippen molar-refractivity contribution in [1.82, 2.24) is 19.7 Å². The van der Waals surface area contributed by atoms with Gasteiger partial charge in [0.25, 0.3) is 0 Å². The van der Waals surface area contributed by atoms with Crippen molar-refractivity contribution in [2.24, 2.45) is 0 Å². The van der Waals surface area contributed by atoms with Crippen molar-refractivity contribution in [3.63, 3.8) is 0 Å². The number of benzene rings is 2. The summed E-state index contributed by atoms with van der Waals surface area (Å²) < 4.78 is 7.33. The maximum atomic E-state index is 12.8. The average Bonchev–Trinajstić information content (AvgIpc) is 3.20. The number of aromatic nitrogens is 3. The zero-order valence-corrected chi connectivity index (χ0v) is 19.3. The lowest BCUT2D eigenvalue weighted by Gasteiger charge is -2.21. The maximum absolute atomic E-state index is 12.8. The molecule has 0 saturated carbocycles. The van der Waals surface area contributed by atoms with Gasteiger partial charge in [-0.2, -0.15) is 0 Å². The van der Waals surface area contributed by atoms with E-state index in [0.29, 0.717) is 12.2 Å². The quantitative estimate of drug-likeness (QED) is 0.409. The molecule has 1 aromatic heterocycles. The van der Waals surface area contributed by atoms with Crippen LogP contribution in [0.5, 0.6) is 5.75 Å². The Morgan fingerprint density at radius 2 is 1.68 bits per heavy atom. The Kier molecular flexibility index (Phi) is 8.53. The van der Waals surface area contributed by atoms with Crippen LogP contribution in [0.2, 0.25) is 0 Å². The normalized spacial score (nSPS) is 10.8. The van der Waals surface area contributed by atoms with E-state index in [-0.39, 0.29) is 5.91 Å². The SMILES string of the molecule is CCCN(CCC)C(=O)CSc1nnc(Cc2ccccc2)n1-c1ccc(OC)cc1. The number of methoxy groups -OCH3 is 1. The summed E-state index contributed by atoms with van der Waals surface area (Å²) in [4.78, 5) is 14.7. The predicted molar refractivity (Wildman–Crippen MR) is 125 cm³/mol. The lowest BCUT2D eigenvalue weighted by atomic mass is 10.1. The molecule has 0 aliphatic carbocycles. The zero-order valence-electron chi connectivity index (χ0n) is 18.5. The highest BCUT2D eigenvalue weighted by Gasteiger charge is 2.18. The van der Waals surface area contributed by atoms with Crippen molar-refractivity contribution in [3.05, 3.63) is 66.0 Å². The molecular formula is C24H30N4O2S. The highest BCUT2D eigenvalue weighted by molar-refractivity contribution is 7.99. The molecule has 0 N–H and O–H groups in total. The molecule has 3 aromatic rings. The number of nitrogens with zero attached hydrogens (tertiary/aromatic N) is 4. The van der Waals surface area contributed by atoms with Crippen LogP contribution in [0.1, 0.15) is 38.1 Å². The summed E-state index contributed by atoms with van der Waals surface area (Å²) in [5, 5.41) is 9.61. The second-order valence-electron chi connectivity index (χ2n) is 7.26. The Morgan fingerprint density at radius 1 is 1.00 bits per heavy atom. The molecule has 0 saturated heterocycles. The summed E-state index contributed by atoms with van der Waals surface area (Å²) in [7, 11) is 1.65. The van der Waals surface area contributed by atoms with Crippen LogP contribution in [0.3, 0.4) is 0 Å². The molecule has 0 aliphatic rings. The van der Waals surface area contributed by atoms with E-state index in [0.717, 1.165) is 53.9 Å². The molecule has 0 atom stereocenters. The van der Waals surface area contributed by atoms with Crippen molar-refractivity contribution in [1.29, 1.82) is 0 Å². The summed E-state index contributed by atoms with van der Waals surface area (Å²) in [5.41, 5.74) is 2.11. The number of carbonyl (C=O) groups excluding carboxylic acids is 1. The standard InChI is InChI=1S/C24H30N4O2S/c1-4-15-27(16-5-2)23(29)18-31-24-26-25-22(17-19-9-7-6-8-10-19)28(24)20-11-13-21(30-3)14-12-20/h6-14H,4-5,15-18H2,1-3H3. The van der Waals surface area contributed by atoms with Gasteiger partial charge >= 0.3 is 0 Å². The Labute approximate surface area is 188 Å². The Balaban J connectivity index is 1.86. The minimum absolute atomic E-state index is 0.141. The van der Waals surface area contributed by atoms with E-state index in [1.807, 2.05) is 51.9 Å². The van der Waals surface area contributed by atoms with Crippen molar-refractivity contribution in [3.8, 4) is 11.4 Å². The third-order valence-electron chi connectivity index (χ3n) is 4.90. The first-order valence-electron chi connectivity index (χ1n) is 10.7. The van der Waals surface area contributed by atoms with Crippen molar-refractivity contribution < 1.29 is 9.53 Å². The molecule has 164 valence electrons. The predicted octanol–water partition coefficient (Wildman–Crippen LogP) is 4.61. The Bertz CT molecular complexity index is 951. The van der Waals surface area contributed by atoms with Gasteiger partial charge in [-0.3, -0.25) is 9.36 Å². The highest BCUT2D eigenvalue weighted by Crippen LogP contribution is 2.25. The molecule has 0 aliphatic heterocycles. The molecular weight excluding hydrogens is 408 g/mol. The average molecular weight is 439 g/mol. The van der Waals surface area contributed by atoms with Crippen molar-refractivity contribution in [2.75, 3.05) is 26.0 Å². The molecule has 1 amide bonds. The number of hydrogen-bond acceptors (Lipinski definition) is 5. The van der Waals surface area contributed by atoms with Gasteiger partial charge in [0.15, 0.2) is 5.16 Å². The number of amides is 1. The lowest BCUT2D eigenvalue weighted by Crippen LogP contribution is -2.33. The summed E-state index contributed by atoms with van der Waals surface area (Å²) in [6.07, 6.45) is 2.57. The van der Waals surface area contributed by atoms with Crippen LogP contribution in [-0.4, -0.2) is 51.5 Å². The largest absolute Gasteiger partial charge is 0.497 e. The minimum Gasteiger partial charge on any atom is -0.497 e. The molecule has 0 spiro atoms. The fourth-order valence-corrected chi connectivity index (χ4v) is 4.27. The number of carbonyl (C=O) groups is 1. The number of rotatable bonds is 11. The van der Waals surface area contributed by atoms with E-state index in [1.165, 1.54) is 11.8 Å². The molecule has 1 heterocycles. The van der Waals surface area contributed by atoms with Crippen LogP contribution in [0, 0.1) is 0 Å². The van der Waals surface area contributed by atoms with Gasteiger partial charge in [0.2, 0.25) is 5.91 Å². The molecule has 3 rings (SSSR count). The molecule has 0 bridgehead atoms. The van der Waals surface area contributed by atoms with Gasteiger partial charge in [0, 0.05) is 25.2 Å². The first-order valence-corrected chi connectivity index (χ1v) is 11.7. The number of thioether (sulfide) groups is 1. The van der Waals surface area contributed by atoms with Crippen LogP contribution >= 0.6 is 11.8 Å². The molecule has 0 fully saturated rings. The fourth-order valence-electron chi connectivity index (χ4n) is 3.40. The second kappa shape index (κ2) is 11.6. The number of hydrogen-bond donors (Lipinski definition) is 0. The van der Waals surface area contributed by atoms with Gasteiger partial charge in [-0.05, 0) is 42.7 Å². The summed E-state index contributed by atoms with van der Waals surface area (Å²) in [5.74, 6) is 2.12. The molecule has 0 unspecified atom stereocenters. The van der Waals surface area contributed by atoms with Gasteiger partial charge in [0.1, 0.15) is 11.6 Å². The van der Waals surface area contributed by atoms with E-state index in [1.54, 1.807) is 7.11 Å². The summed E-state index contributed by atoms with van der Waals surface area (Å²) >= 11 is 1.44. The first kappa shape index (κ1) is 22.9. The third-order valence-corrected chi connectivity index (χ3v) is 5.81. The van der Waals surface area contributed by atoms with E-state index in [4.69, 9.17) is 4.74 Å². The smallest absolute Gasteiger partial charge is 0.233 e. The maximum Gasteiger partial charge on any atom is 0.233 e. The van der Waals surface area contributed by atoms with Crippen molar-refractivity contribution >= 4 is 17.7 Å². The van der Waals surface area contributed by atoms with Gasteiger partial charge in [-0.25, -0.2) is 0 Å². The lowest BCUT2D eigenvalue weighted by molar-refractivity contribution is -0.128. The van der Waals surface area contributed by atoms with E-state index in [9.17, 15) is 4.79 Å². The van der Waals surface area contributed by atoms with E-state index >= 15 is 0 Å². The van der Waals surface area contributed by atoms with E-state index in [2.05, 4.69) is 36.2 Å². The monoisotopic (exact) mass is 438 g/mol. The summed E-state index contributed by atoms with van der Waals surface area (Å²) in [6.45, 7) is 5.77. The fraction of sp³-hybridized carbons (Fsp3) is 0.375. The topological polar surface area (TPSA) is 60.2 Å². The van der Waals surface area contributed by atoms with Gasteiger partial charge in [-0.15, -0.1) is 10.2 Å². The van der Waals surface area contributed by atoms with Crippen molar-refractivity contribution in [2.45, 2.75) is 38.3 Å². The minimum atomic E-state index is 0.141. The van der Waals surface area contributed by atoms with Gasteiger partial charge in [0.05, 0.1) is 12.9 Å². The van der Waals surface area contributed by atoms with Gasteiger partial charge < -0.3 is 9.64 Å². The molecule has 31 heavy (non-hydrogen) atoms. The van der Waals surface area contributed by atoms with Crippen LogP contribution < -0.4 is 4.74 Å². The molecule has 6 nitrogen and oxygen atoms in total. The highest BCUT2D eigenvalue weighted by atomic mass is 32.2. The van der Waals surface area contributed by atoms with Crippen LogP contribution in [-0.2, 0) is 11.2 Å². The Hall–Kier alpha value is -2.80. The molecule has 2 aromatic carbocycles. The molecule has 7 heteroatoms. The first-order chi connectivity index (χ1) is 15.2. The Morgan fingerprint density at radius 3 is 2.29 bits per heavy atom. The van der Waals surface area contributed by atoms with Crippen LogP contribution in [0.15, 0.2) is 59.8 Å². The number of ether oxygens (including phenoxy) is 1. The van der Waals surface area contributed by atoms with Crippen LogP contribution in [0.4, 0.5) is 0 Å². The van der Waals surface area contributed by atoms with Gasteiger partial charge in [-0.1, -0.05) is 55.9 Å².